The molecule has 0 spiro atoms. The molecule has 1 amide bonds. The van der Waals surface area contributed by atoms with E-state index in [2.05, 4.69) is 5.32 Å². The van der Waals surface area contributed by atoms with Crippen molar-refractivity contribution in [2.75, 3.05) is 26.4 Å². The molecule has 0 aliphatic heterocycles. The van der Waals surface area contributed by atoms with E-state index in [1.807, 2.05) is 20.8 Å². The van der Waals surface area contributed by atoms with Crippen LogP contribution < -0.4 is 10.1 Å². The lowest BCUT2D eigenvalue weighted by molar-refractivity contribution is -0.0656. The van der Waals surface area contributed by atoms with Crippen LogP contribution in [0, 0.1) is 12.7 Å². The van der Waals surface area contributed by atoms with Gasteiger partial charge in [-0.25, -0.2) is 18.0 Å². The Labute approximate surface area is 164 Å². The summed E-state index contributed by atoms with van der Waals surface area (Å²) in [6.45, 7) is 6.85. The molecule has 1 aliphatic carbocycles. The predicted molar refractivity (Wildman–Crippen MR) is 100 cm³/mol. The van der Waals surface area contributed by atoms with Crippen molar-refractivity contribution < 1.29 is 32.2 Å². The SMILES string of the molecule is CC.Cc1ccc(F)cc1OCCOCCNC(=O)OC1CCC(F)(F)CC1. The molecule has 1 aromatic rings. The topological polar surface area (TPSA) is 56.8 Å². The Balaban J connectivity index is 0.00000190. The van der Waals surface area contributed by atoms with E-state index in [9.17, 15) is 18.0 Å². The van der Waals surface area contributed by atoms with Crippen LogP contribution in [0.5, 0.6) is 5.75 Å². The number of nitrogens with one attached hydrogen (secondary N) is 1. The van der Waals surface area contributed by atoms with Gasteiger partial charge in [-0.2, -0.15) is 0 Å². The summed E-state index contributed by atoms with van der Waals surface area (Å²) in [7, 11) is 0. The summed E-state index contributed by atoms with van der Waals surface area (Å²) in [5.74, 6) is -2.54. The van der Waals surface area contributed by atoms with Gasteiger partial charge in [0.25, 0.3) is 0 Å². The number of rotatable bonds is 8. The molecule has 0 radical (unpaired) electrons. The second-order valence-corrected chi connectivity index (χ2v) is 6.26. The van der Waals surface area contributed by atoms with Crippen molar-refractivity contribution >= 4 is 6.09 Å². The maximum absolute atomic E-state index is 13.1. The average molecular weight is 405 g/mol. The third-order valence-electron chi connectivity index (χ3n) is 4.09. The predicted octanol–water partition coefficient (Wildman–Crippen LogP) is 4.86. The van der Waals surface area contributed by atoms with Gasteiger partial charge in [-0.1, -0.05) is 19.9 Å². The van der Waals surface area contributed by atoms with Gasteiger partial charge in [0.15, 0.2) is 0 Å². The number of benzene rings is 1. The van der Waals surface area contributed by atoms with Crippen molar-refractivity contribution in [3.05, 3.63) is 29.6 Å². The van der Waals surface area contributed by atoms with E-state index in [4.69, 9.17) is 14.2 Å². The van der Waals surface area contributed by atoms with E-state index in [-0.39, 0.29) is 57.9 Å². The molecule has 1 saturated carbocycles. The molecule has 1 aliphatic rings. The van der Waals surface area contributed by atoms with Crippen LogP contribution in [0.15, 0.2) is 18.2 Å². The molecule has 8 heteroatoms. The first-order valence-electron chi connectivity index (χ1n) is 9.65. The average Bonchev–Trinajstić information content (AvgIpc) is 2.67. The van der Waals surface area contributed by atoms with Gasteiger partial charge >= 0.3 is 6.09 Å². The summed E-state index contributed by atoms with van der Waals surface area (Å²) in [4.78, 5) is 11.6. The molecule has 0 unspecified atom stereocenters. The van der Waals surface area contributed by atoms with Crippen LogP contribution in [0.4, 0.5) is 18.0 Å². The lowest BCUT2D eigenvalue weighted by Crippen LogP contribution is -2.35. The second kappa shape index (κ2) is 12.5. The van der Waals surface area contributed by atoms with Crippen LogP contribution in [-0.2, 0) is 9.47 Å². The van der Waals surface area contributed by atoms with Crippen LogP contribution in [0.3, 0.4) is 0 Å². The molecule has 160 valence electrons. The number of hydrogen-bond donors (Lipinski definition) is 1. The van der Waals surface area contributed by atoms with E-state index < -0.39 is 18.1 Å². The summed E-state index contributed by atoms with van der Waals surface area (Å²) < 4.78 is 55.0. The Morgan fingerprint density at radius 3 is 2.54 bits per heavy atom. The molecular formula is C20H30F3NO4. The first-order valence-corrected chi connectivity index (χ1v) is 9.65. The summed E-state index contributed by atoms with van der Waals surface area (Å²) in [6.07, 6.45) is -1.24. The number of ether oxygens (including phenoxy) is 3. The minimum atomic E-state index is -2.64. The fourth-order valence-corrected chi connectivity index (χ4v) is 2.59. The zero-order valence-electron chi connectivity index (χ0n) is 16.7. The number of carbonyl (C=O) groups excluding carboxylic acids is 1. The minimum Gasteiger partial charge on any atom is -0.491 e. The molecule has 0 heterocycles. The highest BCUT2D eigenvalue weighted by Gasteiger charge is 2.36. The van der Waals surface area contributed by atoms with E-state index >= 15 is 0 Å². The van der Waals surface area contributed by atoms with Crippen molar-refractivity contribution in [2.45, 2.75) is 58.5 Å². The van der Waals surface area contributed by atoms with Gasteiger partial charge in [0, 0.05) is 25.5 Å². The minimum absolute atomic E-state index is 0.174. The fraction of sp³-hybridized carbons (Fsp3) is 0.650. The lowest BCUT2D eigenvalue weighted by atomic mass is 9.94. The van der Waals surface area contributed by atoms with Crippen LogP contribution in [-0.4, -0.2) is 44.5 Å². The Morgan fingerprint density at radius 2 is 1.86 bits per heavy atom. The Bertz CT molecular complexity index is 589. The van der Waals surface area contributed by atoms with Crippen molar-refractivity contribution in [1.82, 2.24) is 5.32 Å². The third kappa shape index (κ3) is 9.30. The molecular weight excluding hydrogens is 375 g/mol. The molecule has 1 aromatic carbocycles. The fourth-order valence-electron chi connectivity index (χ4n) is 2.59. The number of halogens is 3. The Kier molecular flexibility index (Phi) is 10.7. The standard InChI is InChI=1S/C18H24F3NO4.C2H6/c1-13-2-3-14(19)12-16(13)25-11-10-24-9-8-22-17(23)26-15-4-6-18(20,21)7-5-15;1-2/h2-3,12,15H,4-11H2,1H3,(H,22,23);1-2H3. The zero-order valence-corrected chi connectivity index (χ0v) is 16.7. The Morgan fingerprint density at radius 1 is 1.18 bits per heavy atom. The number of hydrogen-bond acceptors (Lipinski definition) is 4. The van der Waals surface area contributed by atoms with Crippen molar-refractivity contribution in [3.63, 3.8) is 0 Å². The van der Waals surface area contributed by atoms with Gasteiger partial charge in [-0.15, -0.1) is 0 Å². The van der Waals surface area contributed by atoms with E-state index in [1.54, 1.807) is 6.07 Å². The van der Waals surface area contributed by atoms with Gasteiger partial charge in [-0.05, 0) is 31.4 Å². The molecule has 1 fully saturated rings. The molecule has 0 aromatic heterocycles. The van der Waals surface area contributed by atoms with Crippen LogP contribution >= 0.6 is 0 Å². The molecule has 28 heavy (non-hydrogen) atoms. The van der Waals surface area contributed by atoms with E-state index in [0.29, 0.717) is 5.75 Å². The number of carbonyl (C=O) groups is 1. The largest absolute Gasteiger partial charge is 0.491 e. The van der Waals surface area contributed by atoms with Gasteiger partial charge in [0.1, 0.15) is 24.3 Å². The number of alkyl carbamates (subject to hydrolysis) is 1. The van der Waals surface area contributed by atoms with Gasteiger partial charge in [0.2, 0.25) is 5.92 Å². The zero-order chi connectivity index (χ0) is 21.0. The summed E-state index contributed by atoms with van der Waals surface area (Å²) in [5, 5.41) is 2.51. The van der Waals surface area contributed by atoms with Gasteiger partial charge in [0.05, 0.1) is 13.2 Å². The molecule has 0 atom stereocenters. The molecule has 5 nitrogen and oxygen atoms in total. The maximum atomic E-state index is 13.1. The summed E-state index contributed by atoms with van der Waals surface area (Å²) >= 11 is 0. The van der Waals surface area contributed by atoms with Crippen LogP contribution in [0.1, 0.15) is 45.1 Å². The highest BCUT2D eigenvalue weighted by Crippen LogP contribution is 2.34. The van der Waals surface area contributed by atoms with Crippen LogP contribution in [0.2, 0.25) is 0 Å². The van der Waals surface area contributed by atoms with Crippen molar-refractivity contribution in [2.24, 2.45) is 0 Å². The summed E-state index contributed by atoms with van der Waals surface area (Å²) in [6, 6.07) is 4.31. The lowest BCUT2D eigenvalue weighted by Gasteiger charge is -2.27. The maximum Gasteiger partial charge on any atom is 0.407 e. The van der Waals surface area contributed by atoms with Gasteiger partial charge in [-0.3, -0.25) is 0 Å². The second-order valence-electron chi connectivity index (χ2n) is 6.26. The molecule has 0 bridgehead atoms. The number of aryl methyl sites for hydroxylation is 1. The Hall–Kier alpha value is -1.96. The highest BCUT2D eigenvalue weighted by molar-refractivity contribution is 5.67. The number of alkyl halides is 2. The van der Waals surface area contributed by atoms with Crippen LogP contribution in [0.25, 0.3) is 0 Å². The van der Waals surface area contributed by atoms with E-state index in [1.165, 1.54) is 12.1 Å². The van der Waals surface area contributed by atoms with Gasteiger partial charge < -0.3 is 19.5 Å². The first kappa shape index (κ1) is 24.1. The molecule has 0 saturated heterocycles. The first-order chi connectivity index (χ1) is 13.4. The normalized spacial score (nSPS) is 15.9. The number of amides is 1. The highest BCUT2D eigenvalue weighted by atomic mass is 19.3. The van der Waals surface area contributed by atoms with E-state index in [0.717, 1.165) is 5.56 Å². The monoisotopic (exact) mass is 405 g/mol. The van der Waals surface area contributed by atoms with Crippen molar-refractivity contribution in [3.8, 4) is 5.75 Å². The molecule has 1 N–H and O–H groups in total. The smallest absolute Gasteiger partial charge is 0.407 e. The third-order valence-corrected chi connectivity index (χ3v) is 4.09. The van der Waals surface area contributed by atoms with Crippen molar-refractivity contribution in [1.29, 1.82) is 0 Å². The molecule has 2 rings (SSSR count). The summed E-state index contributed by atoms with van der Waals surface area (Å²) in [5.41, 5.74) is 0.830. The quantitative estimate of drug-likeness (QED) is 0.628.